The number of piperazine rings is 1. The summed E-state index contributed by atoms with van der Waals surface area (Å²) in [6, 6.07) is 14.9. The van der Waals surface area contributed by atoms with Crippen molar-refractivity contribution in [2.45, 2.75) is 45.1 Å². The van der Waals surface area contributed by atoms with Crippen molar-refractivity contribution in [2.24, 2.45) is 9.98 Å². The van der Waals surface area contributed by atoms with Crippen molar-refractivity contribution in [3.8, 4) is 5.75 Å². The van der Waals surface area contributed by atoms with Crippen molar-refractivity contribution in [3.63, 3.8) is 0 Å². The molecule has 0 bridgehead atoms. The van der Waals surface area contributed by atoms with Crippen LogP contribution in [-0.2, 0) is 4.79 Å². The lowest BCUT2D eigenvalue weighted by Gasteiger charge is -2.39. The standard InChI is InChI=1S/C28H33ClN4O3/c1-3-4-15-36-25-10-6-8-22(17-25)27(34)33-14-13-32(19-20(33)2)28(35)26-30-12-11-23(18-31-26)21-7-5-9-24(29)16-21/h5-10,16-18,20,23H,3-4,11-15,19H2,1-2H3. The molecule has 7 nitrogen and oxygen atoms in total. The van der Waals surface area contributed by atoms with Crippen LogP contribution in [0.2, 0.25) is 5.02 Å². The average molecular weight is 509 g/mol. The van der Waals surface area contributed by atoms with E-state index in [-0.39, 0.29) is 29.6 Å². The summed E-state index contributed by atoms with van der Waals surface area (Å²) < 4.78 is 5.76. The maximum absolute atomic E-state index is 13.2. The summed E-state index contributed by atoms with van der Waals surface area (Å²) in [5.41, 5.74) is 1.66. The number of carbonyl (C=O) groups is 2. The Hall–Kier alpha value is -3.19. The predicted octanol–water partition coefficient (Wildman–Crippen LogP) is 4.85. The van der Waals surface area contributed by atoms with Crippen molar-refractivity contribution < 1.29 is 14.3 Å². The first-order chi connectivity index (χ1) is 17.5. The minimum absolute atomic E-state index is 0.0512. The number of halogens is 1. The normalized spacial score (nSPS) is 20.0. The van der Waals surface area contributed by atoms with Gasteiger partial charge in [-0.25, -0.2) is 4.99 Å². The summed E-state index contributed by atoms with van der Waals surface area (Å²) in [4.78, 5) is 38.9. The lowest BCUT2D eigenvalue weighted by atomic mass is 9.97. The highest BCUT2D eigenvalue weighted by Gasteiger charge is 2.32. The van der Waals surface area contributed by atoms with E-state index in [0.29, 0.717) is 49.1 Å². The highest BCUT2D eigenvalue weighted by Crippen LogP contribution is 2.23. The number of unbranched alkanes of at least 4 members (excludes halogenated alkanes) is 1. The Kier molecular flexibility index (Phi) is 8.75. The second-order valence-corrected chi connectivity index (χ2v) is 9.70. The number of amidine groups is 1. The van der Waals surface area contributed by atoms with Crippen LogP contribution in [0.1, 0.15) is 54.9 Å². The van der Waals surface area contributed by atoms with Gasteiger partial charge in [-0.2, -0.15) is 0 Å². The summed E-state index contributed by atoms with van der Waals surface area (Å²) in [5.74, 6) is 0.750. The minimum Gasteiger partial charge on any atom is -0.494 e. The van der Waals surface area contributed by atoms with Crippen LogP contribution in [0.4, 0.5) is 0 Å². The summed E-state index contributed by atoms with van der Waals surface area (Å²) in [5, 5.41) is 0.680. The first kappa shape index (κ1) is 25.9. The number of nitrogens with zero attached hydrogens (tertiary/aromatic N) is 4. The maximum Gasteiger partial charge on any atom is 0.291 e. The lowest BCUT2D eigenvalue weighted by molar-refractivity contribution is -0.126. The lowest BCUT2D eigenvalue weighted by Crippen LogP contribution is -2.56. The molecule has 36 heavy (non-hydrogen) atoms. The quantitative estimate of drug-likeness (QED) is 0.502. The van der Waals surface area contributed by atoms with Crippen molar-refractivity contribution in [2.75, 3.05) is 32.8 Å². The number of hydrogen-bond acceptors (Lipinski definition) is 5. The molecule has 190 valence electrons. The van der Waals surface area contributed by atoms with E-state index in [4.69, 9.17) is 16.3 Å². The second-order valence-electron chi connectivity index (χ2n) is 9.26. The summed E-state index contributed by atoms with van der Waals surface area (Å²) in [6.45, 7) is 6.56. The SMILES string of the molecule is CCCCOc1cccc(C(=O)N2CCN(C(=O)C3=NCCC(c4cccc(Cl)c4)C=N3)CC2C)c1. The van der Waals surface area contributed by atoms with E-state index in [0.717, 1.165) is 24.8 Å². The van der Waals surface area contributed by atoms with Crippen LogP contribution in [0.5, 0.6) is 5.75 Å². The third kappa shape index (κ3) is 6.32. The zero-order valence-corrected chi connectivity index (χ0v) is 21.7. The molecule has 0 N–H and O–H groups in total. The number of ether oxygens (including phenoxy) is 1. The molecule has 2 amide bonds. The van der Waals surface area contributed by atoms with Crippen LogP contribution in [0.15, 0.2) is 58.5 Å². The van der Waals surface area contributed by atoms with E-state index in [9.17, 15) is 9.59 Å². The monoisotopic (exact) mass is 508 g/mol. The molecule has 0 spiro atoms. The molecule has 1 saturated heterocycles. The Morgan fingerprint density at radius 3 is 2.72 bits per heavy atom. The topological polar surface area (TPSA) is 74.6 Å². The summed E-state index contributed by atoms with van der Waals surface area (Å²) in [7, 11) is 0. The molecule has 2 atom stereocenters. The van der Waals surface area contributed by atoms with Crippen LogP contribution in [0.3, 0.4) is 0 Å². The van der Waals surface area contributed by atoms with Gasteiger partial charge in [-0.3, -0.25) is 14.6 Å². The van der Waals surface area contributed by atoms with Crippen LogP contribution in [0.25, 0.3) is 0 Å². The van der Waals surface area contributed by atoms with Gasteiger partial charge in [-0.1, -0.05) is 43.1 Å². The summed E-state index contributed by atoms with van der Waals surface area (Å²) in [6.07, 6.45) is 4.59. The van der Waals surface area contributed by atoms with Gasteiger partial charge in [-0.05, 0) is 55.7 Å². The first-order valence-electron chi connectivity index (χ1n) is 12.6. The molecule has 2 unspecified atom stereocenters. The van der Waals surface area contributed by atoms with E-state index in [1.54, 1.807) is 17.2 Å². The molecule has 0 radical (unpaired) electrons. The number of carbonyl (C=O) groups excluding carboxylic acids is 2. The Morgan fingerprint density at radius 1 is 1.11 bits per heavy atom. The van der Waals surface area contributed by atoms with Crippen LogP contribution in [0, 0.1) is 0 Å². The van der Waals surface area contributed by atoms with Crippen LogP contribution in [-0.4, -0.2) is 72.5 Å². The van der Waals surface area contributed by atoms with Crippen molar-refractivity contribution in [1.29, 1.82) is 0 Å². The van der Waals surface area contributed by atoms with Crippen molar-refractivity contribution >= 4 is 35.5 Å². The summed E-state index contributed by atoms with van der Waals surface area (Å²) >= 11 is 6.14. The largest absolute Gasteiger partial charge is 0.494 e. The Bertz CT molecular complexity index is 1150. The van der Waals surface area contributed by atoms with Crippen molar-refractivity contribution in [3.05, 3.63) is 64.7 Å². The fourth-order valence-corrected chi connectivity index (χ4v) is 4.70. The fourth-order valence-electron chi connectivity index (χ4n) is 4.50. The molecule has 0 aliphatic carbocycles. The average Bonchev–Trinajstić information content (AvgIpc) is 3.15. The van der Waals surface area contributed by atoms with Gasteiger partial charge in [0.2, 0.25) is 5.84 Å². The molecule has 2 aromatic rings. The molecule has 4 rings (SSSR count). The molecule has 0 saturated carbocycles. The van der Waals surface area contributed by atoms with E-state index in [2.05, 4.69) is 16.9 Å². The van der Waals surface area contributed by atoms with Crippen LogP contribution >= 0.6 is 11.6 Å². The smallest absolute Gasteiger partial charge is 0.291 e. The van der Waals surface area contributed by atoms with Gasteiger partial charge < -0.3 is 14.5 Å². The molecular formula is C28H33ClN4O3. The first-order valence-corrected chi connectivity index (χ1v) is 13.0. The van der Waals surface area contributed by atoms with Gasteiger partial charge in [-0.15, -0.1) is 0 Å². The second kappa shape index (κ2) is 12.2. The molecule has 2 aliphatic heterocycles. The third-order valence-electron chi connectivity index (χ3n) is 6.57. The minimum atomic E-state index is -0.191. The van der Waals surface area contributed by atoms with E-state index < -0.39 is 0 Å². The Labute approximate surface area is 217 Å². The van der Waals surface area contributed by atoms with Gasteiger partial charge in [0, 0.05) is 54.9 Å². The molecule has 8 heteroatoms. The molecule has 2 aromatic carbocycles. The van der Waals surface area contributed by atoms with Gasteiger partial charge >= 0.3 is 0 Å². The fraction of sp³-hybridized carbons (Fsp3) is 0.429. The highest BCUT2D eigenvalue weighted by molar-refractivity contribution is 6.39. The Morgan fingerprint density at radius 2 is 1.94 bits per heavy atom. The number of hydrogen-bond donors (Lipinski definition) is 0. The molecule has 2 aliphatic rings. The molecule has 1 fully saturated rings. The van der Waals surface area contributed by atoms with E-state index in [1.807, 2.05) is 54.3 Å². The van der Waals surface area contributed by atoms with E-state index >= 15 is 0 Å². The maximum atomic E-state index is 13.2. The van der Waals surface area contributed by atoms with E-state index in [1.165, 1.54) is 0 Å². The number of aliphatic imine (C=N–C) groups is 2. The van der Waals surface area contributed by atoms with Gasteiger partial charge in [0.25, 0.3) is 11.8 Å². The number of rotatable bonds is 7. The zero-order chi connectivity index (χ0) is 25.5. The number of benzene rings is 2. The number of amides is 2. The van der Waals surface area contributed by atoms with Crippen molar-refractivity contribution in [1.82, 2.24) is 9.80 Å². The zero-order valence-electron chi connectivity index (χ0n) is 20.9. The van der Waals surface area contributed by atoms with Crippen LogP contribution < -0.4 is 4.74 Å². The molecule has 0 aromatic heterocycles. The molecular weight excluding hydrogens is 476 g/mol. The van der Waals surface area contributed by atoms with Gasteiger partial charge in [0.15, 0.2) is 0 Å². The molecule has 2 heterocycles. The highest BCUT2D eigenvalue weighted by atomic mass is 35.5. The van der Waals surface area contributed by atoms with Gasteiger partial charge in [0.1, 0.15) is 5.75 Å². The Balaban J connectivity index is 1.37. The van der Waals surface area contributed by atoms with Gasteiger partial charge in [0.05, 0.1) is 6.61 Å². The third-order valence-corrected chi connectivity index (χ3v) is 6.80. The predicted molar refractivity (Wildman–Crippen MR) is 144 cm³/mol.